The number of aryl methyl sites for hydroxylation is 1. The molecule has 5 rings (SSSR count). The van der Waals surface area contributed by atoms with Crippen LogP contribution in [0.5, 0.6) is 0 Å². The van der Waals surface area contributed by atoms with Crippen LogP contribution in [0, 0.1) is 19.7 Å². The number of aromatic nitrogens is 4. The van der Waals surface area contributed by atoms with Gasteiger partial charge in [-0.2, -0.15) is 13.2 Å². The third-order valence-electron chi connectivity index (χ3n) is 6.84. The van der Waals surface area contributed by atoms with Gasteiger partial charge in [0, 0.05) is 30.8 Å². The summed E-state index contributed by atoms with van der Waals surface area (Å²) < 4.78 is 52.9. The smallest absolute Gasteiger partial charge is 0.363 e. The molecule has 2 aliphatic heterocycles. The average Bonchev–Trinajstić information content (AvgIpc) is 3.39. The number of rotatable bonds is 4. The first kappa shape index (κ1) is 23.1. The molecule has 3 unspecified atom stereocenters. The van der Waals surface area contributed by atoms with Crippen LogP contribution in [0.1, 0.15) is 46.4 Å². The van der Waals surface area contributed by atoms with Gasteiger partial charge in [0.2, 0.25) is 0 Å². The Kier molecular flexibility index (Phi) is 5.65. The third kappa shape index (κ3) is 4.08. The zero-order valence-corrected chi connectivity index (χ0v) is 19.0. The van der Waals surface area contributed by atoms with Gasteiger partial charge >= 0.3 is 6.18 Å². The molecule has 2 bridgehead atoms. The normalized spacial score (nSPS) is 21.4. The van der Waals surface area contributed by atoms with Gasteiger partial charge in [-0.3, -0.25) is 9.78 Å². The average molecular weight is 486 g/mol. The minimum absolute atomic E-state index is 0.101. The van der Waals surface area contributed by atoms with Gasteiger partial charge in [0.15, 0.2) is 17.5 Å². The third-order valence-corrected chi connectivity index (χ3v) is 6.84. The van der Waals surface area contributed by atoms with Crippen molar-refractivity contribution in [1.29, 1.82) is 0 Å². The lowest BCUT2D eigenvalue weighted by Crippen LogP contribution is -2.40. The summed E-state index contributed by atoms with van der Waals surface area (Å²) in [6.07, 6.45) is 2.75. The van der Waals surface area contributed by atoms with Gasteiger partial charge in [-0.1, -0.05) is 0 Å². The second kappa shape index (κ2) is 8.54. The van der Waals surface area contributed by atoms with Crippen LogP contribution in [0.15, 0.2) is 36.9 Å². The van der Waals surface area contributed by atoms with Crippen molar-refractivity contribution in [1.82, 2.24) is 24.8 Å². The molecule has 7 nitrogen and oxygen atoms in total. The minimum Gasteiger partial charge on any atom is -0.363 e. The van der Waals surface area contributed by atoms with Crippen molar-refractivity contribution in [3.05, 3.63) is 65.1 Å². The number of anilines is 1. The fourth-order valence-electron chi connectivity index (χ4n) is 5.02. The van der Waals surface area contributed by atoms with E-state index in [2.05, 4.69) is 25.3 Å². The maximum absolute atomic E-state index is 14.4. The number of nitrogens with one attached hydrogen (secondary N) is 1. The summed E-state index contributed by atoms with van der Waals surface area (Å²) in [4.78, 5) is 32.2. The van der Waals surface area contributed by atoms with Gasteiger partial charge in [-0.25, -0.2) is 19.3 Å². The number of carbonyl (C=O) groups is 1. The molecule has 5 heterocycles. The van der Waals surface area contributed by atoms with Crippen molar-refractivity contribution >= 4 is 11.7 Å². The molecule has 3 aromatic heterocycles. The van der Waals surface area contributed by atoms with Crippen LogP contribution in [0.25, 0.3) is 11.4 Å². The molecule has 2 aliphatic rings. The summed E-state index contributed by atoms with van der Waals surface area (Å²) in [6, 6.07) is 1.39. The van der Waals surface area contributed by atoms with E-state index in [-0.39, 0.29) is 35.5 Å². The lowest BCUT2D eigenvalue weighted by molar-refractivity contribution is -0.138. The minimum atomic E-state index is -4.68. The van der Waals surface area contributed by atoms with Gasteiger partial charge in [0.05, 0.1) is 23.2 Å². The van der Waals surface area contributed by atoms with Gasteiger partial charge < -0.3 is 10.2 Å². The number of amides is 1. The number of alkyl halides is 3. The van der Waals surface area contributed by atoms with Crippen molar-refractivity contribution < 1.29 is 22.4 Å². The van der Waals surface area contributed by atoms with Gasteiger partial charge in [-0.05, 0) is 56.4 Å². The molecule has 0 radical (unpaired) electrons. The lowest BCUT2D eigenvalue weighted by Gasteiger charge is -2.26. The lowest BCUT2D eigenvalue weighted by atomic mass is 9.95. The summed E-state index contributed by atoms with van der Waals surface area (Å²) in [5.74, 6) is -1.21. The second-order valence-corrected chi connectivity index (χ2v) is 8.91. The Morgan fingerprint density at radius 3 is 2.51 bits per heavy atom. The van der Waals surface area contributed by atoms with E-state index in [4.69, 9.17) is 0 Å². The first-order valence-electron chi connectivity index (χ1n) is 11.2. The maximum Gasteiger partial charge on any atom is 0.417 e. The molecule has 2 saturated heterocycles. The molecule has 2 fully saturated rings. The Morgan fingerprint density at radius 1 is 1.09 bits per heavy atom. The molecule has 1 amide bonds. The van der Waals surface area contributed by atoms with Crippen molar-refractivity contribution in [3.8, 4) is 11.4 Å². The molecule has 1 N–H and O–H groups in total. The van der Waals surface area contributed by atoms with Crippen molar-refractivity contribution in [3.63, 3.8) is 0 Å². The van der Waals surface area contributed by atoms with E-state index in [1.165, 1.54) is 0 Å². The van der Waals surface area contributed by atoms with Crippen LogP contribution < -0.4 is 5.32 Å². The van der Waals surface area contributed by atoms with E-state index in [1.54, 1.807) is 29.6 Å². The molecule has 0 aromatic carbocycles. The summed E-state index contributed by atoms with van der Waals surface area (Å²) in [5, 5.41) is 2.93. The van der Waals surface area contributed by atoms with E-state index >= 15 is 0 Å². The van der Waals surface area contributed by atoms with Gasteiger partial charge in [-0.15, -0.1) is 0 Å². The van der Waals surface area contributed by atoms with Gasteiger partial charge in [0.1, 0.15) is 5.69 Å². The predicted molar refractivity (Wildman–Crippen MR) is 119 cm³/mol. The molecular weight excluding hydrogens is 464 g/mol. The van der Waals surface area contributed by atoms with E-state index in [9.17, 15) is 22.4 Å². The monoisotopic (exact) mass is 486 g/mol. The van der Waals surface area contributed by atoms with Crippen molar-refractivity contribution in [2.24, 2.45) is 0 Å². The molecule has 35 heavy (non-hydrogen) atoms. The topological polar surface area (TPSA) is 83.9 Å². The zero-order chi connectivity index (χ0) is 24.9. The van der Waals surface area contributed by atoms with E-state index in [0.29, 0.717) is 36.5 Å². The standard InChI is InChI=1S/C24H22F4N6O/c1-12-10-31-20(19(13(12)2)22-29-6-3-7-30-22)23(35)34-15-4-5-18(34)17(9-15)33-21-16(25)8-14(11-32-21)24(26,27)28/h3,6-8,10-11,15,17-18H,4-5,9H2,1-2H3,(H,32,33). The Bertz CT molecular complexity index is 1280. The highest BCUT2D eigenvalue weighted by molar-refractivity contribution is 5.99. The number of fused-ring (bicyclic) bond motifs is 2. The molecule has 0 spiro atoms. The first-order chi connectivity index (χ1) is 16.6. The zero-order valence-electron chi connectivity index (χ0n) is 19.0. The summed E-state index contributed by atoms with van der Waals surface area (Å²) in [5.41, 5.74) is 1.42. The molecular formula is C24H22F4N6O. The molecule has 11 heteroatoms. The Hall–Kier alpha value is -3.63. The first-order valence-corrected chi connectivity index (χ1v) is 11.2. The van der Waals surface area contributed by atoms with E-state index in [1.807, 2.05) is 13.8 Å². The van der Waals surface area contributed by atoms with Crippen LogP contribution in [0.4, 0.5) is 23.4 Å². The quantitative estimate of drug-likeness (QED) is 0.544. The fourth-order valence-corrected chi connectivity index (χ4v) is 5.02. The molecule has 0 saturated carbocycles. The number of hydrogen-bond acceptors (Lipinski definition) is 6. The number of pyridine rings is 2. The van der Waals surface area contributed by atoms with Crippen LogP contribution in [-0.4, -0.2) is 48.9 Å². The SMILES string of the molecule is Cc1cnc(C(=O)N2C3CCC2C(Nc2ncc(C(F)(F)F)cc2F)C3)c(-c2ncccn2)c1C. The highest BCUT2D eigenvalue weighted by atomic mass is 19.4. The summed E-state index contributed by atoms with van der Waals surface area (Å²) in [7, 11) is 0. The Balaban J connectivity index is 1.43. The van der Waals surface area contributed by atoms with Crippen LogP contribution in [0.3, 0.4) is 0 Å². The number of hydrogen-bond donors (Lipinski definition) is 1. The number of carbonyl (C=O) groups excluding carboxylic acids is 1. The molecule has 0 aliphatic carbocycles. The van der Waals surface area contributed by atoms with Crippen LogP contribution in [0.2, 0.25) is 0 Å². The molecule has 3 atom stereocenters. The van der Waals surface area contributed by atoms with E-state index < -0.39 is 17.6 Å². The van der Waals surface area contributed by atoms with Crippen molar-refractivity contribution in [2.75, 3.05) is 5.32 Å². The van der Waals surface area contributed by atoms with Crippen LogP contribution in [-0.2, 0) is 6.18 Å². The Labute approximate surface area is 198 Å². The van der Waals surface area contributed by atoms with Gasteiger partial charge in [0.25, 0.3) is 5.91 Å². The largest absolute Gasteiger partial charge is 0.417 e. The maximum atomic E-state index is 14.4. The Morgan fingerprint density at radius 2 is 1.83 bits per heavy atom. The summed E-state index contributed by atoms with van der Waals surface area (Å²) in [6.45, 7) is 3.79. The van der Waals surface area contributed by atoms with E-state index in [0.717, 1.165) is 17.5 Å². The molecule has 3 aromatic rings. The number of halogens is 4. The van der Waals surface area contributed by atoms with Crippen molar-refractivity contribution in [2.45, 2.75) is 57.4 Å². The fraction of sp³-hybridized carbons (Fsp3) is 0.375. The molecule has 182 valence electrons. The van der Waals surface area contributed by atoms with Crippen LogP contribution >= 0.6 is 0 Å². The highest BCUT2D eigenvalue weighted by Crippen LogP contribution is 2.41. The predicted octanol–water partition coefficient (Wildman–Crippen LogP) is 4.57. The summed E-state index contributed by atoms with van der Waals surface area (Å²) >= 11 is 0. The highest BCUT2D eigenvalue weighted by Gasteiger charge is 2.49. The second-order valence-electron chi connectivity index (χ2n) is 8.91. The number of nitrogens with zero attached hydrogens (tertiary/aromatic N) is 5.